The number of nitrogens with one attached hydrogen (secondary N) is 2. The Bertz CT molecular complexity index is 1800. The molecule has 2 aromatic heterocycles. The number of rotatable bonds is 8. The van der Waals surface area contributed by atoms with Gasteiger partial charge in [0.2, 0.25) is 0 Å². The van der Waals surface area contributed by atoms with Gasteiger partial charge in [0.25, 0.3) is 10.0 Å². The van der Waals surface area contributed by atoms with Crippen molar-refractivity contribution >= 4 is 38.0 Å². The minimum atomic E-state index is -4.35. The molecule has 2 aliphatic rings. The number of sulfonamides is 1. The molecule has 1 fully saturated rings. The summed E-state index contributed by atoms with van der Waals surface area (Å²) < 4.78 is 64.2. The Morgan fingerprint density at radius 3 is 2.52 bits per heavy atom. The van der Waals surface area contributed by atoms with Gasteiger partial charge in [-0.1, -0.05) is 24.3 Å². The van der Waals surface area contributed by atoms with E-state index in [1.165, 1.54) is 24.3 Å². The lowest BCUT2D eigenvalue weighted by Crippen LogP contribution is -2.50. The van der Waals surface area contributed by atoms with Crippen molar-refractivity contribution < 1.29 is 21.9 Å². The Hall–Kier alpha value is -3.87. The molecule has 0 unspecified atom stereocenters. The first kappa shape index (κ1) is 28.3. The SMILES string of the molecule is CC(C)n1nc(-c2ccc(NS(=O)(=O)c3ccccc3F)c(F)c2)c2c(N)ncc(C3=CC[C@H](NC4COC4)CC3)c21. The fraction of sp³-hybridized carbons (Fsp3) is 0.333. The zero-order valence-corrected chi connectivity index (χ0v) is 24.1. The molecule has 2 aromatic carbocycles. The molecule has 0 radical (unpaired) electrons. The number of hydrogen-bond donors (Lipinski definition) is 3. The molecule has 9 nitrogen and oxygen atoms in total. The van der Waals surface area contributed by atoms with Crippen LogP contribution in [0.2, 0.25) is 0 Å². The number of benzene rings is 2. The highest BCUT2D eigenvalue weighted by molar-refractivity contribution is 7.92. The number of anilines is 2. The maximum Gasteiger partial charge on any atom is 0.264 e. The summed E-state index contributed by atoms with van der Waals surface area (Å²) >= 11 is 0. The van der Waals surface area contributed by atoms with Gasteiger partial charge in [-0.3, -0.25) is 9.40 Å². The summed E-state index contributed by atoms with van der Waals surface area (Å²) in [5, 5.41) is 9.09. The number of fused-ring (bicyclic) bond motifs is 1. The average Bonchev–Trinajstić information content (AvgIpc) is 3.35. The quantitative estimate of drug-likeness (QED) is 0.254. The molecule has 42 heavy (non-hydrogen) atoms. The standard InChI is InChI=1S/C30H32F2N6O3S/c1-17(2)38-29-22(18-7-10-20(11-8-18)35-21-15-41-16-21)14-34-30(33)27(29)28(36-38)19-9-12-25(24(32)13-19)37-42(39,40)26-6-4-3-5-23(26)31/h3-7,9,12-14,17,20-21,35,37H,8,10-11,15-16H2,1-2H3,(H2,33,34)/t20-/m0/s1. The van der Waals surface area contributed by atoms with Gasteiger partial charge in [-0.05, 0) is 62.9 Å². The van der Waals surface area contributed by atoms with E-state index in [4.69, 9.17) is 15.6 Å². The number of allylic oxidation sites excluding steroid dienone is 1. The first-order chi connectivity index (χ1) is 20.1. The van der Waals surface area contributed by atoms with Gasteiger partial charge < -0.3 is 15.8 Å². The lowest BCUT2D eigenvalue weighted by Gasteiger charge is -2.33. The number of halogens is 2. The van der Waals surface area contributed by atoms with Crippen LogP contribution < -0.4 is 15.8 Å². The highest BCUT2D eigenvalue weighted by Crippen LogP contribution is 2.40. The molecule has 220 valence electrons. The number of hydrogen-bond acceptors (Lipinski definition) is 7. The maximum absolute atomic E-state index is 15.4. The smallest absolute Gasteiger partial charge is 0.264 e. The molecule has 6 rings (SSSR count). The van der Waals surface area contributed by atoms with Gasteiger partial charge in [-0.15, -0.1) is 0 Å². The minimum Gasteiger partial charge on any atom is -0.383 e. The number of pyridine rings is 1. The highest BCUT2D eigenvalue weighted by atomic mass is 32.2. The molecule has 1 saturated heterocycles. The van der Waals surface area contributed by atoms with E-state index >= 15 is 4.39 Å². The number of ether oxygens (including phenoxy) is 1. The zero-order chi connectivity index (χ0) is 29.6. The molecule has 12 heteroatoms. The van der Waals surface area contributed by atoms with Crippen LogP contribution in [0.5, 0.6) is 0 Å². The molecule has 0 bridgehead atoms. The van der Waals surface area contributed by atoms with E-state index in [0.29, 0.717) is 28.7 Å². The predicted molar refractivity (Wildman–Crippen MR) is 158 cm³/mol. The van der Waals surface area contributed by atoms with Gasteiger partial charge in [0.1, 0.15) is 28.0 Å². The van der Waals surface area contributed by atoms with Crippen molar-refractivity contribution in [2.24, 2.45) is 0 Å². The van der Waals surface area contributed by atoms with Crippen LogP contribution in [0.4, 0.5) is 20.3 Å². The monoisotopic (exact) mass is 594 g/mol. The van der Waals surface area contributed by atoms with Crippen LogP contribution in [0.1, 0.15) is 44.7 Å². The van der Waals surface area contributed by atoms with E-state index in [1.807, 2.05) is 18.5 Å². The van der Waals surface area contributed by atoms with Crippen LogP contribution in [0.25, 0.3) is 27.7 Å². The maximum atomic E-state index is 15.4. The predicted octanol–water partition coefficient (Wildman–Crippen LogP) is 5.26. The second kappa shape index (κ2) is 11.1. The fourth-order valence-electron chi connectivity index (χ4n) is 5.51. The Kier molecular flexibility index (Phi) is 7.46. The molecule has 1 aliphatic carbocycles. The molecule has 4 N–H and O–H groups in total. The molecule has 0 amide bonds. The third kappa shape index (κ3) is 5.25. The Morgan fingerprint density at radius 2 is 1.88 bits per heavy atom. The highest BCUT2D eigenvalue weighted by Gasteiger charge is 2.27. The van der Waals surface area contributed by atoms with Crippen molar-refractivity contribution in [2.75, 3.05) is 23.7 Å². The summed E-state index contributed by atoms with van der Waals surface area (Å²) in [6.45, 7) is 5.53. The molecule has 0 saturated carbocycles. The van der Waals surface area contributed by atoms with Gasteiger partial charge in [-0.25, -0.2) is 22.2 Å². The van der Waals surface area contributed by atoms with Crippen LogP contribution in [0.3, 0.4) is 0 Å². The van der Waals surface area contributed by atoms with Crippen molar-refractivity contribution in [3.8, 4) is 11.3 Å². The summed E-state index contributed by atoms with van der Waals surface area (Å²) in [6.07, 6.45) is 6.74. The number of nitrogens with two attached hydrogens (primary N) is 1. The normalized spacial score (nSPS) is 17.8. The van der Waals surface area contributed by atoms with E-state index in [2.05, 4.69) is 21.1 Å². The van der Waals surface area contributed by atoms with Crippen molar-refractivity contribution in [2.45, 2.75) is 56.1 Å². The molecule has 4 aromatic rings. The summed E-state index contributed by atoms with van der Waals surface area (Å²) in [4.78, 5) is 3.92. The van der Waals surface area contributed by atoms with Crippen LogP contribution in [-0.2, 0) is 14.8 Å². The van der Waals surface area contributed by atoms with Crippen molar-refractivity contribution in [1.29, 1.82) is 0 Å². The van der Waals surface area contributed by atoms with Crippen molar-refractivity contribution in [1.82, 2.24) is 20.1 Å². The first-order valence-electron chi connectivity index (χ1n) is 13.9. The Balaban J connectivity index is 1.36. The lowest BCUT2D eigenvalue weighted by molar-refractivity contribution is -0.0103. The van der Waals surface area contributed by atoms with E-state index in [1.54, 1.807) is 12.3 Å². The minimum absolute atomic E-state index is 0.0317. The molecule has 1 atom stereocenters. The second-order valence-electron chi connectivity index (χ2n) is 11.0. The van der Waals surface area contributed by atoms with Crippen LogP contribution in [-0.4, -0.2) is 48.5 Å². The van der Waals surface area contributed by atoms with Crippen molar-refractivity contribution in [3.05, 3.63) is 71.9 Å². The third-order valence-corrected chi connectivity index (χ3v) is 9.12. The van der Waals surface area contributed by atoms with E-state index < -0.39 is 26.6 Å². The van der Waals surface area contributed by atoms with E-state index in [9.17, 15) is 12.8 Å². The van der Waals surface area contributed by atoms with Gasteiger partial charge in [0, 0.05) is 29.4 Å². The van der Waals surface area contributed by atoms with Crippen LogP contribution in [0.15, 0.2) is 59.6 Å². The Morgan fingerprint density at radius 1 is 1.10 bits per heavy atom. The topological polar surface area (TPSA) is 124 Å². The van der Waals surface area contributed by atoms with Crippen molar-refractivity contribution in [3.63, 3.8) is 0 Å². The van der Waals surface area contributed by atoms with E-state index in [0.717, 1.165) is 61.3 Å². The van der Waals surface area contributed by atoms with Gasteiger partial charge in [-0.2, -0.15) is 5.10 Å². The molecule has 0 spiro atoms. The average molecular weight is 595 g/mol. The third-order valence-electron chi connectivity index (χ3n) is 7.72. The first-order valence-corrected chi connectivity index (χ1v) is 15.4. The largest absolute Gasteiger partial charge is 0.383 e. The molecular formula is C30H32F2N6O3S. The van der Waals surface area contributed by atoms with Gasteiger partial charge in [0.15, 0.2) is 0 Å². The number of nitrogen functional groups attached to an aromatic ring is 1. The summed E-state index contributed by atoms with van der Waals surface area (Å²) in [6, 6.07) is 9.73. The zero-order valence-electron chi connectivity index (χ0n) is 23.3. The second-order valence-corrected chi connectivity index (χ2v) is 12.7. The number of aromatic nitrogens is 3. The lowest BCUT2D eigenvalue weighted by atomic mass is 9.89. The summed E-state index contributed by atoms with van der Waals surface area (Å²) in [5.74, 6) is -1.51. The van der Waals surface area contributed by atoms with Gasteiger partial charge in [0.05, 0.1) is 35.8 Å². The summed E-state index contributed by atoms with van der Waals surface area (Å²) in [5.41, 5.74) is 9.85. The summed E-state index contributed by atoms with van der Waals surface area (Å²) in [7, 11) is -4.35. The number of nitrogens with zero attached hydrogens (tertiary/aromatic N) is 3. The van der Waals surface area contributed by atoms with E-state index in [-0.39, 0.29) is 17.5 Å². The molecular weight excluding hydrogens is 562 g/mol. The molecule has 1 aliphatic heterocycles. The Labute approximate surface area is 242 Å². The van der Waals surface area contributed by atoms with Gasteiger partial charge >= 0.3 is 0 Å². The van der Waals surface area contributed by atoms with Crippen LogP contribution in [0, 0.1) is 11.6 Å². The van der Waals surface area contributed by atoms with Crippen LogP contribution >= 0.6 is 0 Å². The fourth-order valence-corrected chi connectivity index (χ4v) is 6.66. The molecule has 3 heterocycles.